The lowest BCUT2D eigenvalue weighted by Crippen LogP contribution is -2.30. The van der Waals surface area contributed by atoms with Crippen molar-refractivity contribution >= 4 is 33.2 Å². The molecule has 4 heteroatoms. The summed E-state index contributed by atoms with van der Waals surface area (Å²) in [6.07, 6.45) is 5.47. The summed E-state index contributed by atoms with van der Waals surface area (Å²) in [6, 6.07) is 9.72. The van der Waals surface area contributed by atoms with Crippen molar-refractivity contribution in [1.29, 1.82) is 0 Å². The molecule has 0 radical (unpaired) electrons. The number of aryl methyl sites for hydroxylation is 1. The summed E-state index contributed by atoms with van der Waals surface area (Å²) in [5, 5.41) is 14.8. The summed E-state index contributed by atoms with van der Waals surface area (Å²) >= 11 is 10.0. The number of nitrogens with one attached hydrogen (secondary N) is 1. The minimum absolute atomic E-state index is 0.0668. The number of fused-ring (bicyclic) bond motifs is 3. The van der Waals surface area contributed by atoms with Crippen LogP contribution >= 0.6 is 27.5 Å². The summed E-state index contributed by atoms with van der Waals surface area (Å²) < 4.78 is 0.975. The van der Waals surface area contributed by atoms with Gasteiger partial charge in [0.05, 0.1) is 6.04 Å². The van der Waals surface area contributed by atoms with E-state index >= 15 is 0 Å². The summed E-state index contributed by atoms with van der Waals surface area (Å²) in [6.45, 7) is 2.10. The first-order valence-electron chi connectivity index (χ1n) is 7.77. The minimum atomic E-state index is 0.0668. The third-order valence-corrected chi connectivity index (χ3v) is 5.82. The largest absolute Gasteiger partial charge is 0.508 e. The molecule has 0 saturated carbocycles. The van der Waals surface area contributed by atoms with Crippen molar-refractivity contribution in [3.8, 4) is 5.75 Å². The van der Waals surface area contributed by atoms with Crippen molar-refractivity contribution in [3.05, 3.63) is 68.7 Å². The van der Waals surface area contributed by atoms with E-state index in [1.165, 1.54) is 11.1 Å². The lowest BCUT2D eigenvalue weighted by Gasteiger charge is -2.39. The maximum absolute atomic E-state index is 10.4. The molecule has 118 valence electrons. The highest BCUT2D eigenvalue weighted by atomic mass is 79.9. The monoisotopic (exact) mass is 389 g/mol. The first-order valence-corrected chi connectivity index (χ1v) is 8.94. The Labute approximate surface area is 149 Å². The Hall–Kier alpha value is -1.45. The van der Waals surface area contributed by atoms with Crippen LogP contribution in [-0.4, -0.2) is 5.11 Å². The van der Waals surface area contributed by atoms with Crippen LogP contribution in [0.4, 0.5) is 5.69 Å². The molecule has 0 saturated heterocycles. The van der Waals surface area contributed by atoms with Gasteiger partial charge in [0.25, 0.3) is 0 Å². The van der Waals surface area contributed by atoms with Crippen LogP contribution in [0.2, 0.25) is 5.02 Å². The Bertz CT molecular complexity index is 817. The van der Waals surface area contributed by atoms with Gasteiger partial charge in [-0.05, 0) is 49.1 Å². The number of halogens is 2. The third kappa shape index (κ3) is 2.38. The normalized spacial score (nSPS) is 24.9. The molecule has 4 rings (SSSR count). The van der Waals surface area contributed by atoms with Gasteiger partial charge in [0, 0.05) is 32.2 Å². The Morgan fingerprint density at radius 1 is 1.26 bits per heavy atom. The standard InChI is InChI=1S/C19H17BrClNO/c1-10-5-7-15(21)17-12-3-2-4-13(12)19(22-18(10)17)14-9-11(20)6-8-16(14)23/h2-3,5-9,12-13,19,22-23H,4H2,1H3. The van der Waals surface area contributed by atoms with Gasteiger partial charge in [-0.25, -0.2) is 0 Å². The van der Waals surface area contributed by atoms with Gasteiger partial charge in [-0.3, -0.25) is 0 Å². The molecule has 23 heavy (non-hydrogen) atoms. The van der Waals surface area contributed by atoms with E-state index in [1.54, 1.807) is 6.07 Å². The quantitative estimate of drug-likeness (QED) is 0.590. The van der Waals surface area contributed by atoms with Crippen molar-refractivity contribution in [2.24, 2.45) is 5.92 Å². The van der Waals surface area contributed by atoms with Gasteiger partial charge in [0.2, 0.25) is 0 Å². The van der Waals surface area contributed by atoms with Crippen molar-refractivity contribution in [3.63, 3.8) is 0 Å². The van der Waals surface area contributed by atoms with Crippen molar-refractivity contribution in [2.75, 3.05) is 5.32 Å². The summed E-state index contributed by atoms with van der Waals surface area (Å²) in [5.41, 5.74) is 4.41. The van der Waals surface area contributed by atoms with Crippen LogP contribution < -0.4 is 5.32 Å². The second-order valence-electron chi connectivity index (χ2n) is 6.33. The third-order valence-electron chi connectivity index (χ3n) is 5.00. The van der Waals surface area contributed by atoms with Crippen LogP contribution in [0.3, 0.4) is 0 Å². The highest BCUT2D eigenvalue weighted by Gasteiger charge is 2.40. The zero-order valence-corrected chi connectivity index (χ0v) is 15.0. The summed E-state index contributed by atoms with van der Waals surface area (Å²) in [7, 11) is 0. The molecule has 2 aliphatic rings. The lowest BCUT2D eigenvalue weighted by molar-refractivity contribution is 0.402. The average molecular weight is 391 g/mol. The molecule has 2 aromatic rings. The van der Waals surface area contributed by atoms with Gasteiger partial charge < -0.3 is 10.4 Å². The number of phenolic OH excluding ortho intramolecular Hbond substituents is 1. The number of aromatic hydroxyl groups is 1. The predicted molar refractivity (Wildman–Crippen MR) is 98.3 cm³/mol. The zero-order valence-electron chi connectivity index (χ0n) is 12.7. The fraction of sp³-hybridized carbons (Fsp3) is 0.263. The maximum atomic E-state index is 10.4. The lowest BCUT2D eigenvalue weighted by atomic mass is 9.76. The molecule has 0 aromatic heterocycles. The van der Waals surface area contributed by atoms with Crippen LogP contribution in [0, 0.1) is 12.8 Å². The van der Waals surface area contributed by atoms with E-state index in [4.69, 9.17) is 11.6 Å². The molecular formula is C19H17BrClNO. The number of hydrogen-bond donors (Lipinski definition) is 2. The van der Waals surface area contributed by atoms with Gasteiger partial charge in [0.15, 0.2) is 0 Å². The molecule has 2 aromatic carbocycles. The SMILES string of the molecule is Cc1ccc(Cl)c2c1NC(c1cc(Br)ccc1O)C1CC=CC21. The average Bonchev–Trinajstić information content (AvgIpc) is 3.02. The van der Waals surface area contributed by atoms with Gasteiger partial charge >= 0.3 is 0 Å². The molecule has 0 amide bonds. The molecule has 3 unspecified atom stereocenters. The molecule has 1 aliphatic carbocycles. The Kier molecular flexibility index (Phi) is 3.66. The van der Waals surface area contributed by atoms with Crippen LogP contribution in [0.1, 0.15) is 35.1 Å². The molecule has 3 atom stereocenters. The Morgan fingerprint density at radius 3 is 2.91 bits per heavy atom. The molecule has 2 nitrogen and oxygen atoms in total. The van der Waals surface area contributed by atoms with Crippen LogP contribution in [0.5, 0.6) is 5.75 Å². The molecule has 1 heterocycles. The van der Waals surface area contributed by atoms with E-state index in [1.807, 2.05) is 24.3 Å². The van der Waals surface area contributed by atoms with Crippen molar-refractivity contribution in [1.82, 2.24) is 0 Å². The number of hydrogen-bond acceptors (Lipinski definition) is 2. The highest BCUT2D eigenvalue weighted by molar-refractivity contribution is 9.10. The van der Waals surface area contributed by atoms with E-state index in [9.17, 15) is 5.11 Å². The van der Waals surface area contributed by atoms with Gasteiger partial charge in [-0.1, -0.05) is 45.7 Å². The summed E-state index contributed by atoms with van der Waals surface area (Å²) in [5.74, 6) is 0.989. The second-order valence-corrected chi connectivity index (χ2v) is 7.65. The van der Waals surface area contributed by atoms with E-state index in [0.717, 1.165) is 27.2 Å². The topological polar surface area (TPSA) is 32.3 Å². The number of allylic oxidation sites excluding steroid dienone is 2. The molecule has 0 spiro atoms. The first kappa shape index (κ1) is 15.1. The van der Waals surface area contributed by atoms with Gasteiger partial charge in [0.1, 0.15) is 5.75 Å². The Balaban J connectivity index is 1.88. The fourth-order valence-electron chi connectivity index (χ4n) is 3.89. The molecular weight excluding hydrogens is 374 g/mol. The van der Waals surface area contributed by atoms with Gasteiger partial charge in [-0.2, -0.15) is 0 Å². The van der Waals surface area contributed by atoms with E-state index in [0.29, 0.717) is 17.6 Å². The van der Waals surface area contributed by atoms with E-state index < -0.39 is 0 Å². The number of benzene rings is 2. The molecule has 0 fully saturated rings. The predicted octanol–water partition coefficient (Wildman–Crippen LogP) is 5.94. The highest BCUT2D eigenvalue weighted by Crippen LogP contribution is 2.53. The van der Waals surface area contributed by atoms with Crippen molar-refractivity contribution in [2.45, 2.75) is 25.3 Å². The molecule has 1 aliphatic heterocycles. The molecule has 0 bridgehead atoms. The van der Waals surface area contributed by atoms with Crippen LogP contribution in [0.25, 0.3) is 0 Å². The number of phenols is 1. The number of anilines is 1. The van der Waals surface area contributed by atoms with Crippen LogP contribution in [-0.2, 0) is 0 Å². The van der Waals surface area contributed by atoms with Crippen molar-refractivity contribution < 1.29 is 5.11 Å². The van der Waals surface area contributed by atoms with Gasteiger partial charge in [-0.15, -0.1) is 0 Å². The maximum Gasteiger partial charge on any atom is 0.120 e. The first-order chi connectivity index (χ1) is 11.1. The number of rotatable bonds is 1. The smallest absolute Gasteiger partial charge is 0.120 e. The fourth-order valence-corrected chi connectivity index (χ4v) is 4.55. The summed E-state index contributed by atoms with van der Waals surface area (Å²) in [4.78, 5) is 0. The second kappa shape index (κ2) is 5.57. The Morgan fingerprint density at radius 2 is 2.09 bits per heavy atom. The minimum Gasteiger partial charge on any atom is -0.508 e. The zero-order chi connectivity index (χ0) is 16.1. The molecule has 2 N–H and O–H groups in total. The van der Waals surface area contributed by atoms with E-state index in [2.05, 4.69) is 40.3 Å². The van der Waals surface area contributed by atoms with E-state index in [-0.39, 0.29) is 6.04 Å². The van der Waals surface area contributed by atoms with Crippen LogP contribution in [0.15, 0.2) is 47.0 Å².